The van der Waals surface area contributed by atoms with Crippen LogP contribution in [0.3, 0.4) is 0 Å². The Morgan fingerprint density at radius 2 is 1.59 bits per heavy atom. The first-order valence-corrected chi connectivity index (χ1v) is 10.9. The van der Waals surface area contributed by atoms with Gasteiger partial charge in [-0.25, -0.2) is 4.98 Å². The summed E-state index contributed by atoms with van der Waals surface area (Å²) in [6, 6.07) is 11.4. The van der Waals surface area contributed by atoms with E-state index in [1.807, 2.05) is 23.1 Å². The molecule has 2 aliphatic heterocycles. The Bertz CT molecular complexity index is 892. The van der Waals surface area contributed by atoms with Crippen molar-refractivity contribution in [3.05, 3.63) is 59.8 Å². The van der Waals surface area contributed by atoms with Gasteiger partial charge in [0, 0.05) is 65.1 Å². The van der Waals surface area contributed by atoms with E-state index in [9.17, 15) is 18.0 Å². The predicted octanol–water partition coefficient (Wildman–Crippen LogP) is 2.57. The summed E-state index contributed by atoms with van der Waals surface area (Å²) in [7, 11) is 0. The van der Waals surface area contributed by atoms with Crippen molar-refractivity contribution in [3.8, 4) is 0 Å². The fourth-order valence-electron chi connectivity index (χ4n) is 4.23. The summed E-state index contributed by atoms with van der Waals surface area (Å²) in [5.41, 5.74) is 0.0253. The van der Waals surface area contributed by atoms with Crippen LogP contribution in [0.1, 0.15) is 11.1 Å². The van der Waals surface area contributed by atoms with Gasteiger partial charge in [0.1, 0.15) is 5.82 Å². The van der Waals surface area contributed by atoms with Crippen LogP contribution in [0.2, 0.25) is 0 Å². The van der Waals surface area contributed by atoms with Crippen LogP contribution in [-0.4, -0.2) is 84.5 Å². The average Bonchev–Trinajstić information content (AvgIpc) is 2.80. The molecule has 0 spiro atoms. The number of nitrogens with zero attached hydrogens (tertiary/aromatic N) is 5. The van der Waals surface area contributed by atoms with Crippen LogP contribution < -0.4 is 4.90 Å². The van der Waals surface area contributed by atoms with E-state index in [0.717, 1.165) is 38.1 Å². The number of amides is 1. The summed E-state index contributed by atoms with van der Waals surface area (Å²) >= 11 is 0. The number of carbonyl (C=O) groups excluding carboxylic acids is 1. The summed E-state index contributed by atoms with van der Waals surface area (Å²) in [6.07, 6.45) is -2.54. The van der Waals surface area contributed by atoms with Crippen LogP contribution in [0.4, 0.5) is 19.0 Å². The lowest BCUT2D eigenvalue weighted by atomic mass is 10.1. The normalized spacial score (nSPS) is 18.7. The average molecular weight is 448 g/mol. The fourth-order valence-corrected chi connectivity index (χ4v) is 4.23. The van der Waals surface area contributed by atoms with Gasteiger partial charge >= 0.3 is 6.18 Å². The van der Waals surface area contributed by atoms with Crippen LogP contribution >= 0.6 is 0 Å². The molecular weight excluding hydrogens is 419 g/mol. The van der Waals surface area contributed by atoms with E-state index >= 15 is 0 Å². The second kappa shape index (κ2) is 9.87. The van der Waals surface area contributed by atoms with Gasteiger partial charge < -0.3 is 9.80 Å². The number of halogens is 3. The van der Waals surface area contributed by atoms with E-state index < -0.39 is 11.7 Å². The molecule has 32 heavy (non-hydrogen) atoms. The van der Waals surface area contributed by atoms with Crippen molar-refractivity contribution in [1.82, 2.24) is 19.7 Å². The summed E-state index contributed by atoms with van der Waals surface area (Å²) in [6.45, 7) is 6.72. The van der Waals surface area contributed by atoms with Gasteiger partial charge in [-0.2, -0.15) is 13.2 Å². The van der Waals surface area contributed by atoms with E-state index in [0.29, 0.717) is 44.8 Å². The monoisotopic (exact) mass is 447 g/mol. The van der Waals surface area contributed by atoms with Crippen LogP contribution in [0.5, 0.6) is 0 Å². The van der Waals surface area contributed by atoms with Gasteiger partial charge in [-0.3, -0.25) is 14.6 Å². The summed E-state index contributed by atoms with van der Waals surface area (Å²) in [5, 5.41) is 0. The molecule has 2 aromatic rings. The molecule has 0 unspecified atom stereocenters. The lowest BCUT2D eigenvalue weighted by molar-refractivity contribution is -0.138. The van der Waals surface area contributed by atoms with Crippen molar-refractivity contribution in [2.75, 3.05) is 63.8 Å². The molecule has 0 N–H and O–H groups in total. The summed E-state index contributed by atoms with van der Waals surface area (Å²) in [4.78, 5) is 25.5. The first-order valence-electron chi connectivity index (χ1n) is 10.9. The lowest BCUT2D eigenvalue weighted by Gasteiger charge is -2.38. The molecule has 2 saturated heterocycles. The van der Waals surface area contributed by atoms with Gasteiger partial charge in [-0.05, 0) is 23.8 Å². The Labute approximate surface area is 186 Å². The molecule has 4 rings (SSSR count). The highest BCUT2D eigenvalue weighted by atomic mass is 19.4. The van der Waals surface area contributed by atoms with Crippen molar-refractivity contribution < 1.29 is 18.0 Å². The zero-order chi connectivity index (χ0) is 22.6. The molecule has 1 aromatic carbocycles. The fraction of sp³-hybridized carbons (Fsp3) is 0.478. The van der Waals surface area contributed by atoms with Crippen molar-refractivity contribution in [2.45, 2.75) is 12.7 Å². The second-order valence-corrected chi connectivity index (χ2v) is 8.31. The van der Waals surface area contributed by atoms with Gasteiger partial charge in [0.15, 0.2) is 0 Å². The number of anilines is 1. The van der Waals surface area contributed by atoms with Crippen molar-refractivity contribution in [2.24, 2.45) is 0 Å². The Morgan fingerprint density at radius 3 is 2.25 bits per heavy atom. The minimum Gasteiger partial charge on any atom is -0.354 e. The standard InChI is InChI=1S/C23H28F3N5O/c24-23(25,26)20-5-3-4-19(16-20)17-28-10-14-31(15-11-28)22(32)18-29-8-12-30(13-9-29)21-6-1-2-7-27-21/h1-7,16H,8-15,17-18H2. The van der Waals surface area contributed by atoms with Crippen LogP contribution in [-0.2, 0) is 17.5 Å². The number of hydrogen-bond acceptors (Lipinski definition) is 5. The third kappa shape index (κ3) is 5.77. The number of carbonyl (C=O) groups is 1. The van der Waals surface area contributed by atoms with Gasteiger partial charge in [-0.15, -0.1) is 0 Å². The maximum Gasteiger partial charge on any atom is 0.416 e. The van der Waals surface area contributed by atoms with E-state index in [-0.39, 0.29) is 5.91 Å². The summed E-state index contributed by atoms with van der Waals surface area (Å²) in [5.74, 6) is 1.09. The molecule has 172 valence electrons. The minimum absolute atomic E-state index is 0.120. The molecule has 1 amide bonds. The molecule has 1 aromatic heterocycles. The van der Waals surface area contributed by atoms with E-state index in [1.54, 1.807) is 12.3 Å². The highest BCUT2D eigenvalue weighted by Crippen LogP contribution is 2.29. The number of benzene rings is 1. The number of aromatic nitrogens is 1. The zero-order valence-corrected chi connectivity index (χ0v) is 18.0. The molecule has 0 saturated carbocycles. The molecule has 3 heterocycles. The van der Waals surface area contributed by atoms with Gasteiger partial charge in [-0.1, -0.05) is 24.3 Å². The summed E-state index contributed by atoms with van der Waals surface area (Å²) < 4.78 is 38.8. The molecule has 0 atom stereocenters. The topological polar surface area (TPSA) is 42.9 Å². The number of rotatable bonds is 5. The Kier molecular flexibility index (Phi) is 6.95. The zero-order valence-electron chi connectivity index (χ0n) is 18.0. The molecule has 2 aliphatic rings. The highest BCUT2D eigenvalue weighted by Gasteiger charge is 2.31. The highest BCUT2D eigenvalue weighted by molar-refractivity contribution is 5.78. The van der Waals surface area contributed by atoms with E-state index in [2.05, 4.69) is 19.7 Å². The lowest BCUT2D eigenvalue weighted by Crippen LogP contribution is -2.53. The third-order valence-electron chi connectivity index (χ3n) is 6.09. The largest absolute Gasteiger partial charge is 0.416 e. The second-order valence-electron chi connectivity index (χ2n) is 8.31. The van der Waals surface area contributed by atoms with Crippen molar-refractivity contribution >= 4 is 11.7 Å². The maximum absolute atomic E-state index is 12.9. The number of pyridine rings is 1. The SMILES string of the molecule is O=C(CN1CCN(c2ccccn2)CC1)N1CCN(Cc2cccc(C(F)(F)F)c2)CC1. The minimum atomic E-state index is -4.33. The first-order chi connectivity index (χ1) is 15.4. The first kappa shape index (κ1) is 22.5. The Hall–Kier alpha value is -2.65. The van der Waals surface area contributed by atoms with Crippen molar-refractivity contribution in [1.29, 1.82) is 0 Å². The smallest absolute Gasteiger partial charge is 0.354 e. The number of piperazine rings is 2. The Balaban J connectivity index is 1.21. The Morgan fingerprint density at radius 1 is 0.875 bits per heavy atom. The molecule has 0 aliphatic carbocycles. The maximum atomic E-state index is 12.9. The van der Waals surface area contributed by atoms with E-state index in [1.165, 1.54) is 12.1 Å². The van der Waals surface area contributed by atoms with Gasteiger partial charge in [0.05, 0.1) is 12.1 Å². The third-order valence-corrected chi connectivity index (χ3v) is 6.09. The molecule has 9 heteroatoms. The van der Waals surface area contributed by atoms with Crippen LogP contribution in [0, 0.1) is 0 Å². The molecule has 0 radical (unpaired) electrons. The van der Waals surface area contributed by atoms with Crippen LogP contribution in [0.25, 0.3) is 0 Å². The molecule has 0 bridgehead atoms. The van der Waals surface area contributed by atoms with Crippen molar-refractivity contribution in [3.63, 3.8) is 0 Å². The number of hydrogen-bond donors (Lipinski definition) is 0. The molecule has 6 nitrogen and oxygen atoms in total. The molecular formula is C23H28F3N5O. The van der Waals surface area contributed by atoms with Gasteiger partial charge in [0.25, 0.3) is 0 Å². The number of alkyl halides is 3. The molecule has 2 fully saturated rings. The van der Waals surface area contributed by atoms with Crippen LogP contribution in [0.15, 0.2) is 48.7 Å². The quantitative estimate of drug-likeness (QED) is 0.705. The van der Waals surface area contributed by atoms with Gasteiger partial charge in [0.2, 0.25) is 5.91 Å². The predicted molar refractivity (Wildman–Crippen MR) is 116 cm³/mol. The van der Waals surface area contributed by atoms with E-state index in [4.69, 9.17) is 0 Å².